The summed E-state index contributed by atoms with van der Waals surface area (Å²) in [4.78, 5) is 40.4. The molecule has 0 spiro atoms. The van der Waals surface area contributed by atoms with Gasteiger partial charge in [0.2, 0.25) is 0 Å². The van der Waals surface area contributed by atoms with E-state index in [1.54, 1.807) is 30.1 Å². The number of alkyl halides is 1. The molecule has 326 valence electrons. The standard InChI is InChI=1S/C23H27NO3.C20H21NO3.C3H7Br.CH2O3.CH4.2K.H/c1-13(2)27-20-11-18(9-8-14(20)3)22-17(6)23(25)24(22)19-10-15(4)16(5)21(12-19)26-7;1-11-6-7-15(9-17(11)22)19-14(4)20(23)21(19)16-8-12(2)13(3)18(10-16)24-5;1-3(2)4;2-1-4-3;;;;/h8-13,22H,6H2,1-5,7H3;6-10,19,22H,4H2,1-3,5H3;3H,1-2H3;1,3H;1H4;;;/q;;;;;2*+1;-1/p-1/t22-;19-;;;;;;/m11....../s1. The summed E-state index contributed by atoms with van der Waals surface area (Å²) in [7, 11) is 3.27. The number of nitrogens with zero attached hydrogens (tertiary/aromatic N) is 2. The van der Waals surface area contributed by atoms with Crippen LogP contribution in [0.4, 0.5) is 11.4 Å². The molecule has 14 heteroatoms. The summed E-state index contributed by atoms with van der Waals surface area (Å²) in [5.41, 5.74) is 10.7. The van der Waals surface area contributed by atoms with Crippen LogP contribution in [-0.4, -0.2) is 48.5 Å². The van der Waals surface area contributed by atoms with Crippen LogP contribution in [0.1, 0.15) is 93.1 Å². The van der Waals surface area contributed by atoms with Gasteiger partial charge in [-0.25, -0.2) is 0 Å². The maximum atomic E-state index is 12.6. The van der Waals surface area contributed by atoms with Gasteiger partial charge in [0.25, 0.3) is 18.3 Å². The van der Waals surface area contributed by atoms with Crippen LogP contribution < -0.4 is 132 Å². The number of aryl methyl sites for hydroxylation is 4. The Kier molecular flexibility index (Phi) is 26.2. The summed E-state index contributed by atoms with van der Waals surface area (Å²) < 4.78 is 16.8. The molecule has 4 aromatic rings. The van der Waals surface area contributed by atoms with Gasteiger partial charge < -0.3 is 30.9 Å². The average molecular weight is 968 g/mol. The quantitative estimate of drug-likeness (QED) is 0.0503. The van der Waals surface area contributed by atoms with E-state index in [1.165, 1.54) is 0 Å². The summed E-state index contributed by atoms with van der Waals surface area (Å²) in [5.74, 6) is 2.43. The van der Waals surface area contributed by atoms with Gasteiger partial charge in [0.05, 0.1) is 32.4 Å². The molecule has 0 aliphatic carbocycles. The Bertz CT molecular complexity index is 2210. The number of halogens is 1. The molecule has 6 rings (SSSR count). The van der Waals surface area contributed by atoms with Gasteiger partial charge in [0.15, 0.2) is 0 Å². The molecule has 2 atom stereocenters. The number of benzene rings is 4. The summed E-state index contributed by atoms with van der Waals surface area (Å²) in [6, 6.07) is 18.9. The van der Waals surface area contributed by atoms with E-state index in [2.05, 4.69) is 47.8 Å². The second kappa shape index (κ2) is 27.2. The Labute approximate surface area is 463 Å². The van der Waals surface area contributed by atoms with Crippen molar-refractivity contribution < 1.29 is 148 Å². The Morgan fingerprint density at radius 1 is 0.694 bits per heavy atom. The summed E-state index contributed by atoms with van der Waals surface area (Å²) in [6.07, 6.45) is 0.0882. The van der Waals surface area contributed by atoms with Crippen molar-refractivity contribution in [2.24, 2.45) is 0 Å². The van der Waals surface area contributed by atoms with Crippen LogP contribution in [-0.2, 0) is 19.3 Å². The number of β-lactam (4-membered cyclic amide) rings is 2. The van der Waals surface area contributed by atoms with Gasteiger partial charge in [0.1, 0.15) is 23.0 Å². The molecule has 11 nitrogen and oxygen atoms in total. The van der Waals surface area contributed by atoms with E-state index >= 15 is 0 Å². The smallest absolute Gasteiger partial charge is 1.00 e. The third kappa shape index (κ3) is 14.6. The van der Waals surface area contributed by atoms with Gasteiger partial charge in [0, 0.05) is 39.5 Å². The van der Waals surface area contributed by atoms with Crippen molar-refractivity contribution in [3.05, 3.63) is 129 Å². The van der Waals surface area contributed by atoms with Crippen LogP contribution in [0.2, 0.25) is 0 Å². The number of rotatable bonds is 9. The number of carbonyl (C=O) groups is 3. The van der Waals surface area contributed by atoms with E-state index < -0.39 is 0 Å². The zero-order valence-electron chi connectivity index (χ0n) is 39.1. The van der Waals surface area contributed by atoms with Crippen LogP contribution in [0.15, 0.2) is 85.0 Å². The zero-order chi connectivity index (χ0) is 44.5. The number of hydrogen-bond acceptors (Lipinski definition) is 9. The molecule has 0 bridgehead atoms. The fourth-order valence-corrected chi connectivity index (χ4v) is 6.47. The average Bonchev–Trinajstić information content (AvgIpc) is 3.19. The first-order valence-corrected chi connectivity index (χ1v) is 19.9. The molecule has 2 fully saturated rings. The minimum atomic E-state index is -0.268. The first kappa shape index (κ1) is 59.7. The van der Waals surface area contributed by atoms with E-state index in [0.717, 1.165) is 73.1 Å². The van der Waals surface area contributed by atoms with Crippen molar-refractivity contribution in [2.45, 2.75) is 99.7 Å². The molecule has 0 saturated carbocycles. The first-order valence-electron chi connectivity index (χ1n) is 19.0. The molecule has 62 heavy (non-hydrogen) atoms. The number of anilines is 2. The monoisotopic (exact) mass is 966 g/mol. The predicted molar refractivity (Wildman–Crippen MR) is 243 cm³/mol. The number of phenolic OH excluding ortho intramolecular Hbond substituents is 1. The molecular weight excluding hydrogens is 907 g/mol. The van der Waals surface area contributed by atoms with E-state index in [-0.39, 0.29) is 154 Å². The molecule has 2 saturated heterocycles. The van der Waals surface area contributed by atoms with Crippen molar-refractivity contribution in [3.8, 4) is 23.0 Å². The van der Waals surface area contributed by atoms with E-state index in [4.69, 9.17) is 24.3 Å². The minimum Gasteiger partial charge on any atom is -1.00 e. The number of phenols is 1. The Balaban J connectivity index is 0. The Hall–Kier alpha value is -2.32. The molecule has 4 aromatic carbocycles. The largest absolute Gasteiger partial charge is 1.00 e. The third-order valence-electron chi connectivity index (χ3n) is 9.85. The van der Waals surface area contributed by atoms with E-state index in [9.17, 15) is 14.7 Å². The molecule has 2 aliphatic rings. The third-order valence-corrected chi connectivity index (χ3v) is 9.85. The molecule has 2 amide bonds. The molecule has 2 heterocycles. The van der Waals surface area contributed by atoms with Crippen LogP contribution in [0, 0.1) is 41.5 Å². The van der Waals surface area contributed by atoms with Gasteiger partial charge in [-0.05, 0) is 124 Å². The topological polar surface area (TPSA) is 138 Å². The number of hydrogen-bond donors (Lipinski definition) is 1. The van der Waals surface area contributed by atoms with Gasteiger partial charge in [-0.15, -0.1) is 0 Å². The number of amides is 2. The molecule has 1 N–H and O–H groups in total. The van der Waals surface area contributed by atoms with E-state index in [0.29, 0.717) is 16.0 Å². The predicted octanol–water partition coefficient (Wildman–Crippen LogP) is 4.00. The molecule has 0 radical (unpaired) electrons. The maximum absolute atomic E-state index is 12.6. The summed E-state index contributed by atoms with van der Waals surface area (Å²) in [5, 5.41) is 18.4. The van der Waals surface area contributed by atoms with Crippen LogP contribution in [0.5, 0.6) is 23.0 Å². The second-order valence-electron chi connectivity index (χ2n) is 14.8. The molecule has 0 unspecified atom stereocenters. The van der Waals surface area contributed by atoms with Crippen LogP contribution in [0.3, 0.4) is 0 Å². The van der Waals surface area contributed by atoms with Crippen molar-refractivity contribution in [1.82, 2.24) is 0 Å². The van der Waals surface area contributed by atoms with Crippen molar-refractivity contribution >= 4 is 45.6 Å². The van der Waals surface area contributed by atoms with Crippen LogP contribution >= 0.6 is 15.9 Å². The fourth-order valence-electron chi connectivity index (χ4n) is 6.47. The minimum absolute atomic E-state index is 0. The summed E-state index contributed by atoms with van der Waals surface area (Å²) in [6.45, 7) is 27.8. The summed E-state index contributed by atoms with van der Waals surface area (Å²) >= 11 is 3.27. The maximum Gasteiger partial charge on any atom is 1.00 e. The Morgan fingerprint density at radius 3 is 1.40 bits per heavy atom. The van der Waals surface area contributed by atoms with Crippen molar-refractivity contribution in [1.29, 1.82) is 0 Å². The van der Waals surface area contributed by atoms with Crippen LogP contribution in [0.25, 0.3) is 0 Å². The zero-order valence-corrected chi connectivity index (χ0v) is 45.9. The Morgan fingerprint density at radius 2 is 1.06 bits per heavy atom. The van der Waals surface area contributed by atoms with Crippen molar-refractivity contribution in [3.63, 3.8) is 0 Å². The van der Waals surface area contributed by atoms with Gasteiger partial charge in [-0.1, -0.05) is 74.6 Å². The fraction of sp³-hybridized carbons (Fsp3) is 0.354. The number of ether oxygens (including phenoxy) is 3. The SMILES string of the molecule is C.C=C1C(=O)N(c2cc(C)c(C)c(OC)c2)[C@H]1c1ccc(C)c(O)c1.C=C1C(=O)N(c2cc(C)c(C)c(OC)c2)[C@H]1c1ccc(C)c(OC(C)C)c1.CC(C)Br.O=CO[O-].[H-].[K+].[K+]. The first-order chi connectivity index (χ1) is 27.7. The number of aromatic hydroxyl groups is 1. The van der Waals surface area contributed by atoms with Gasteiger partial charge >= 0.3 is 103 Å². The van der Waals surface area contributed by atoms with Gasteiger partial charge in [-0.3, -0.25) is 24.2 Å². The molecule has 2 aliphatic heterocycles. The normalized spacial score (nSPS) is 14.7. The van der Waals surface area contributed by atoms with Crippen molar-refractivity contribution in [2.75, 3.05) is 24.0 Å². The molecular formula is C48H61BrK2N2O9. The molecule has 0 aromatic heterocycles. The second-order valence-corrected chi connectivity index (χ2v) is 16.7. The number of methoxy groups -OCH3 is 2. The van der Waals surface area contributed by atoms with Gasteiger partial charge in [-0.2, -0.15) is 0 Å². The number of carbonyl (C=O) groups excluding carboxylic acids is 3. The van der Waals surface area contributed by atoms with E-state index in [1.807, 2.05) is 110 Å².